The molecule has 0 atom stereocenters. The van der Waals surface area contributed by atoms with Crippen LogP contribution in [0.4, 0.5) is 0 Å². The number of aromatic nitrogens is 1. The molecule has 0 spiro atoms. The Morgan fingerprint density at radius 3 is 2.71 bits per heavy atom. The number of nitriles is 1. The van der Waals surface area contributed by atoms with Gasteiger partial charge in [0.15, 0.2) is 5.03 Å². The van der Waals surface area contributed by atoms with Gasteiger partial charge in [-0.25, -0.2) is 13.4 Å². The maximum absolute atomic E-state index is 11.4. The van der Waals surface area contributed by atoms with Gasteiger partial charge in [-0.1, -0.05) is 11.2 Å². The molecular weight excluding hydrogens is 206 g/mol. The van der Waals surface area contributed by atoms with E-state index in [-0.39, 0.29) is 5.03 Å². The number of hydrogen-bond acceptors (Lipinski definition) is 6. The third-order valence-corrected chi connectivity index (χ3v) is 2.83. The Morgan fingerprint density at radius 2 is 2.29 bits per heavy atom. The molecule has 0 aliphatic heterocycles. The zero-order chi connectivity index (χ0) is 10.6. The van der Waals surface area contributed by atoms with Gasteiger partial charge in [0.1, 0.15) is 6.07 Å². The first kappa shape index (κ1) is 10.1. The van der Waals surface area contributed by atoms with Crippen LogP contribution in [0.15, 0.2) is 34.6 Å². The highest BCUT2D eigenvalue weighted by Crippen LogP contribution is 2.07. The van der Waals surface area contributed by atoms with Crippen LogP contribution in [0, 0.1) is 11.3 Å². The molecule has 0 unspecified atom stereocenters. The summed E-state index contributed by atoms with van der Waals surface area (Å²) >= 11 is 0. The summed E-state index contributed by atoms with van der Waals surface area (Å²) in [5.41, 5.74) is 0. The van der Waals surface area contributed by atoms with Gasteiger partial charge in [0, 0.05) is 6.20 Å². The van der Waals surface area contributed by atoms with Crippen molar-refractivity contribution in [3.8, 4) is 6.07 Å². The third-order valence-electron chi connectivity index (χ3n) is 1.35. The van der Waals surface area contributed by atoms with Crippen LogP contribution < -0.4 is 0 Å². The summed E-state index contributed by atoms with van der Waals surface area (Å²) in [6, 6.07) is 5.45. The zero-order valence-corrected chi connectivity index (χ0v) is 7.64. The molecule has 1 aromatic rings. The molecule has 14 heavy (non-hydrogen) atoms. The molecule has 0 bridgehead atoms. The van der Waals surface area contributed by atoms with Crippen molar-refractivity contribution >= 4 is 14.9 Å². The SMILES string of the molecule is N#CC(=NO)S(=O)(=O)c1ccccn1. The Balaban J connectivity index is 3.32. The maximum atomic E-state index is 11.4. The van der Waals surface area contributed by atoms with Crippen LogP contribution in [0.3, 0.4) is 0 Å². The highest BCUT2D eigenvalue weighted by molar-refractivity contribution is 8.07. The van der Waals surface area contributed by atoms with Crippen LogP contribution in [-0.2, 0) is 9.84 Å². The summed E-state index contributed by atoms with van der Waals surface area (Å²) in [5.74, 6) is 0. The van der Waals surface area contributed by atoms with Crippen molar-refractivity contribution in [3.63, 3.8) is 0 Å². The molecule has 6 nitrogen and oxygen atoms in total. The smallest absolute Gasteiger partial charge is 0.276 e. The van der Waals surface area contributed by atoms with E-state index in [4.69, 9.17) is 10.5 Å². The molecule has 0 aromatic carbocycles. The molecule has 72 valence electrons. The summed E-state index contributed by atoms with van der Waals surface area (Å²) in [4.78, 5) is 3.54. The Bertz CT molecular complexity index is 487. The first-order valence-electron chi connectivity index (χ1n) is 3.41. The first-order valence-corrected chi connectivity index (χ1v) is 4.89. The summed E-state index contributed by atoms with van der Waals surface area (Å²) in [6.07, 6.45) is 1.26. The highest BCUT2D eigenvalue weighted by Gasteiger charge is 2.24. The molecule has 0 amide bonds. The lowest BCUT2D eigenvalue weighted by Crippen LogP contribution is -2.14. The summed E-state index contributed by atoms with van der Waals surface area (Å²) in [5, 5.41) is 17.7. The zero-order valence-electron chi connectivity index (χ0n) is 6.82. The fourth-order valence-electron chi connectivity index (χ4n) is 0.741. The van der Waals surface area contributed by atoms with Crippen LogP contribution in [0.25, 0.3) is 0 Å². The molecule has 0 radical (unpaired) electrons. The average Bonchev–Trinajstić information content (AvgIpc) is 2.20. The van der Waals surface area contributed by atoms with Crippen molar-refractivity contribution in [2.45, 2.75) is 5.03 Å². The van der Waals surface area contributed by atoms with Gasteiger partial charge in [-0.05, 0) is 12.1 Å². The second kappa shape index (κ2) is 3.85. The Kier molecular flexibility index (Phi) is 2.79. The molecule has 0 fully saturated rings. The van der Waals surface area contributed by atoms with E-state index in [1.165, 1.54) is 30.5 Å². The van der Waals surface area contributed by atoms with Crippen molar-refractivity contribution in [2.75, 3.05) is 0 Å². The van der Waals surface area contributed by atoms with E-state index < -0.39 is 14.9 Å². The number of rotatable bonds is 1. The van der Waals surface area contributed by atoms with Gasteiger partial charge in [-0.15, -0.1) is 0 Å². The molecule has 0 saturated carbocycles. The van der Waals surface area contributed by atoms with Crippen molar-refractivity contribution in [2.24, 2.45) is 5.16 Å². The molecule has 1 heterocycles. The fourth-order valence-corrected chi connectivity index (χ4v) is 1.62. The quantitative estimate of drug-likeness (QED) is 0.308. The van der Waals surface area contributed by atoms with Crippen LogP contribution in [-0.4, -0.2) is 23.7 Å². The van der Waals surface area contributed by atoms with E-state index in [2.05, 4.69) is 10.1 Å². The van der Waals surface area contributed by atoms with Crippen LogP contribution in [0.1, 0.15) is 0 Å². The van der Waals surface area contributed by atoms with E-state index in [1.807, 2.05) is 0 Å². The Morgan fingerprint density at radius 1 is 1.57 bits per heavy atom. The third kappa shape index (κ3) is 1.70. The van der Waals surface area contributed by atoms with Crippen molar-refractivity contribution in [3.05, 3.63) is 24.4 Å². The number of pyridine rings is 1. The number of sulfone groups is 1. The van der Waals surface area contributed by atoms with Gasteiger partial charge in [0.2, 0.25) is 0 Å². The molecule has 1 aromatic heterocycles. The molecule has 7 heteroatoms. The second-order valence-corrected chi connectivity index (χ2v) is 4.00. The monoisotopic (exact) mass is 211 g/mol. The summed E-state index contributed by atoms with van der Waals surface area (Å²) < 4.78 is 22.8. The van der Waals surface area contributed by atoms with E-state index in [9.17, 15) is 8.42 Å². The summed E-state index contributed by atoms with van der Waals surface area (Å²) in [6.45, 7) is 0. The highest BCUT2D eigenvalue weighted by atomic mass is 32.2. The van der Waals surface area contributed by atoms with Gasteiger partial charge in [0.25, 0.3) is 14.9 Å². The van der Waals surface area contributed by atoms with Gasteiger partial charge in [-0.2, -0.15) is 5.26 Å². The van der Waals surface area contributed by atoms with E-state index >= 15 is 0 Å². The minimum Gasteiger partial charge on any atom is -0.409 e. The van der Waals surface area contributed by atoms with Crippen LogP contribution in [0.5, 0.6) is 0 Å². The van der Waals surface area contributed by atoms with Gasteiger partial charge in [-0.3, -0.25) is 0 Å². The molecule has 0 aliphatic carbocycles. The Labute approximate surface area is 80.0 Å². The van der Waals surface area contributed by atoms with Crippen molar-refractivity contribution in [1.82, 2.24) is 4.98 Å². The molecule has 0 saturated heterocycles. The fraction of sp³-hybridized carbons (Fsp3) is 0. The van der Waals surface area contributed by atoms with Crippen LogP contribution in [0.2, 0.25) is 0 Å². The van der Waals surface area contributed by atoms with Gasteiger partial charge in [0.05, 0.1) is 0 Å². The van der Waals surface area contributed by atoms with Crippen molar-refractivity contribution < 1.29 is 13.6 Å². The standard InChI is InChI=1S/C7H5N3O3S/c8-5-7(10-11)14(12,13)6-3-1-2-4-9-6/h1-4,11H. The molecular formula is C7H5N3O3S. The molecule has 0 aliphatic rings. The predicted octanol–water partition coefficient (Wildman–Crippen LogP) is 0.167. The number of nitrogens with zero attached hydrogens (tertiary/aromatic N) is 3. The van der Waals surface area contributed by atoms with Crippen molar-refractivity contribution in [1.29, 1.82) is 5.26 Å². The van der Waals surface area contributed by atoms with E-state index in [0.29, 0.717) is 0 Å². The summed E-state index contributed by atoms with van der Waals surface area (Å²) in [7, 11) is -4.07. The largest absolute Gasteiger partial charge is 0.409 e. The van der Waals surface area contributed by atoms with Gasteiger partial charge < -0.3 is 5.21 Å². The molecule has 1 rings (SSSR count). The van der Waals surface area contributed by atoms with E-state index in [1.54, 1.807) is 0 Å². The van der Waals surface area contributed by atoms with Gasteiger partial charge >= 0.3 is 0 Å². The van der Waals surface area contributed by atoms with E-state index in [0.717, 1.165) is 0 Å². The average molecular weight is 211 g/mol. The minimum atomic E-state index is -4.07. The lowest BCUT2D eigenvalue weighted by atomic mass is 10.5. The normalized spacial score (nSPS) is 12.1. The second-order valence-electron chi connectivity index (χ2n) is 2.19. The van der Waals surface area contributed by atoms with Crippen LogP contribution >= 0.6 is 0 Å². The Hall–Kier alpha value is -1.94. The first-order chi connectivity index (χ1) is 6.62. The predicted molar refractivity (Wildman–Crippen MR) is 46.3 cm³/mol. The molecule has 1 N–H and O–H groups in total. The minimum absolute atomic E-state index is 0.325. The maximum Gasteiger partial charge on any atom is 0.276 e. The lowest BCUT2D eigenvalue weighted by Gasteiger charge is -1.97. The topological polar surface area (TPSA) is 103 Å². The number of hydrogen-bond donors (Lipinski definition) is 1. The number of oxime groups is 1. The lowest BCUT2D eigenvalue weighted by molar-refractivity contribution is 0.321.